The number of methoxy groups -OCH3 is 2. The van der Waals surface area contributed by atoms with Crippen molar-refractivity contribution in [1.82, 2.24) is 0 Å². The van der Waals surface area contributed by atoms with Crippen molar-refractivity contribution in [2.45, 2.75) is 78.3 Å². The molecule has 0 amide bonds. The van der Waals surface area contributed by atoms with Gasteiger partial charge < -0.3 is 18.9 Å². The minimum atomic E-state index is -0.703. The number of ether oxygens (including phenoxy) is 4. The molecule has 2 heterocycles. The van der Waals surface area contributed by atoms with Gasteiger partial charge in [-0.05, 0) is 49.2 Å². The number of hydrogen-bond acceptors (Lipinski definition) is 7. The van der Waals surface area contributed by atoms with Gasteiger partial charge in [-0.1, -0.05) is 27.7 Å². The van der Waals surface area contributed by atoms with Crippen LogP contribution in [0.2, 0.25) is 0 Å². The molecule has 10 atom stereocenters. The van der Waals surface area contributed by atoms with Gasteiger partial charge in [0.05, 0.1) is 6.10 Å². The zero-order chi connectivity index (χ0) is 24.8. The number of cyclic esters (lactones) is 1. The molecule has 0 spiro atoms. The van der Waals surface area contributed by atoms with Crippen LogP contribution >= 0.6 is 0 Å². The average molecular weight is 473 g/mol. The van der Waals surface area contributed by atoms with Crippen LogP contribution < -0.4 is 0 Å². The van der Waals surface area contributed by atoms with E-state index in [4.69, 9.17) is 18.9 Å². The Morgan fingerprint density at radius 2 is 1.62 bits per heavy atom. The van der Waals surface area contributed by atoms with Crippen LogP contribution in [0, 0.1) is 34.0 Å². The number of carbonyl (C=O) groups is 3. The van der Waals surface area contributed by atoms with Crippen molar-refractivity contribution in [2.24, 2.45) is 34.0 Å². The quantitative estimate of drug-likeness (QED) is 0.582. The van der Waals surface area contributed by atoms with Crippen LogP contribution in [0.1, 0.15) is 53.9 Å². The lowest BCUT2D eigenvalue weighted by atomic mass is 9.37. The fraction of sp³-hybridized carbons (Fsp3) is 0.741. The standard InChI is InChI=1S/C27H36O7/c1-13-8-16(31-6)23(30)26(4)15(13)10-19-27(5)18(11-21(29)33-19)25(3,12-17(32-7)22(26)27)24-14(2)9-20(28)34-24/h9,11,13,15-17,19,22,24H,8,10,12H2,1-7H3/t13-,15-,16-,17+,19+,22+,24+,25+,26-,27+/m0/s1. The molecule has 0 saturated heterocycles. The number of esters is 2. The predicted molar refractivity (Wildman–Crippen MR) is 123 cm³/mol. The highest BCUT2D eigenvalue weighted by Gasteiger charge is 2.73. The number of ketones is 1. The van der Waals surface area contributed by atoms with E-state index in [1.807, 2.05) is 6.92 Å². The van der Waals surface area contributed by atoms with Gasteiger partial charge in [-0.3, -0.25) is 4.79 Å². The van der Waals surface area contributed by atoms with Crippen LogP contribution in [0.5, 0.6) is 0 Å². The number of fused-ring (bicyclic) bond motifs is 2. The molecular weight excluding hydrogens is 436 g/mol. The first kappa shape index (κ1) is 23.7. The minimum absolute atomic E-state index is 0.0505. The van der Waals surface area contributed by atoms with E-state index in [0.29, 0.717) is 19.3 Å². The smallest absolute Gasteiger partial charge is 0.331 e. The van der Waals surface area contributed by atoms with Gasteiger partial charge in [-0.2, -0.15) is 0 Å². The monoisotopic (exact) mass is 472 g/mol. The van der Waals surface area contributed by atoms with Crippen LogP contribution in [0.25, 0.3) is 0 Å². The van der Waals surface area contributed by atoms with E-state index in [2.05, 4.69) is 27.7 Å². The van der Waals surface area contributed by atoms with Gasteiger partial charge in [-0.15, -0.1) is 0 Å². The second-order valence-corrected chi connectivity index (χ2v) is 11.8. The summed E-state index contributed by atoms with van der Waals surface area (Å²) in [7, 11) is 3.29. The minimum Gasteiger partial charge on any atom is -0.458 e. The SMILES string of the molecule is CO[C@H]1C[C@H](C)[C@@H]2C[C@H]3OC(=O)C=C4[C@@]3(C)[C@H]([C@H](OC)C[C@@]4(C)[C@@H]3OC(=O)C=C3C)[C@@]2(C)C1=O. The van der Waals surface area contributed by atoms with Gasteiger partial charge in [0, 0.05) is 48.5 Å². The Labute approximate surface area is 201 Å². The van der Waals surface area contributed by atoms with Gasteiger partial charge in [0.25, 0.3) is 0 Å². The van der Waals surface area contributed by atoms with E-state index in [-0.39, 0.29) is 47.7 Å². The lowest BCUT2D eigenvalue weighted by Crippen LogP contribution is -2.72. The normalized spacial score (nSPS) is 50.0. The molecule has 0 aromatic heterocycles. The number of Topliss-reactive ketones (excluding diaryl/α,β-unsaturated/α-hetero) is 1. The molecule has 3 saturated carbocycles. The summed E-state index contributed by atoms with van der Waals surface area (Å²) in [5.41, 5.74) is -0.267. The first-order valence-corrected chi connectivity index (χ1v) is 12.3. The van der Waals surface area contributed by atoms with Gasteiger partial charge in [0.15, 0.2) is 5.78 Å². The molecule has 7 heteroatoms. The summed E-state index contributed by atoms with van der Waals surface area (Å²) < 4.78 is 23.7. The Balaban J connectivity index is 1.72. The third-order valence-electron chi connectivity index (χ3n) is 10.2. The van der Waals surface area contributed by atoms with Crippen molar-refractivity contribution in [3.05, 3.63) is 23.3 Å². The van der Waals surface area contributed by atoms with Crippen LogP contribution in [-0.2, 0) is 33.3 Å². The molecule has 3 fully saturated rings. The van der Waals surface area contributed by atoms with Gasteiger partial charge >= 0.3 is 11.9 Å². The summed E-state index contributed by atoms with van der Waals surface area (Å²) in [5, 5.41) is 0. The summed E-state index contributed by atoms with van der Waals surface area (Å²) in [6.45, 7) is 10.3. The average Bonchev–Trinajstić information content (AvgIpc) is 3.12. The molecule has 34 heavy (non-hydrogen) atoms. The van der Waals surface area contributed by atoms with E-state index >= 15 is 0 Å². The maximum atomic E-state index is 14.0. The predicted octanol–water partition coefficient (Wildman–Crippen LogP) is 3.41. The topological polar surface area (TPSA) is 88.1 Å². The molecule has 0 radical (unpaired) electrons. The lowest BCUT2D eigenvalue weighted by Gasteiger charge is -2.68. The Kier molecular flexibility index (Phi) is 5.24. The van der Waals surface area contributed by atoms with Gasteiger partial charge in [0.2, 0.25) is 0 Å². The molecule has 0 N–H and O–H groups in total. The molecule has 3 aliphatic carbocycles. The Bertz CT molecular complexity index is 1010. The molecule has 0 bridgehead atoms. The van der Waals surface area contributed by atoms with E-state index < -0.39 is 28.5 Å². The lowest BCUT2D eigenvalue weighted by molar-refractivity contribution is -0.232. The fourth-order valence-corrected chi connectivity index (χ4v) is 8.85. The summed E-state index contributed by atoms with van der Waals surface area (Å²) >= 11 is 0. The third-order valence-corrected chi connectivity index (χ3v) is 10.2. The van der Waals surface area contributed by atoms with E-state index in [1.165, 1.54) is 6.08 Å². The van der Waals surface area contributed by atoms with E-state index in [0.717, 1.165) is 11.1 Å². The molecule has 186 valence electrons. The van der Waals surface area contributed by atoms with E-state index in [1.54, 1.807) is 20.3 Å². The Morgan fingerprint density at radius 1 is 0.941 bits per heavy atom. The maximum Gasteiger partial charge on any atom is 0.331 e. The highest BCUT2D eigenvalue weighted by Crippen LogP contribution is 2.70. The first-order valence-electron chi connectivity index (χ1n) is 12.3. The molecule has 5 rings (SSSR count). The van der Waals surface area contributed by atoms with Crippen molar-refractivity contribution in [3.8, 4) is 0 Å². The summed E-state index contributed by atoms with van der Waals surface area (Å²) in [4.78, 5) is 39.1. The molecule has 0 aromatic carbocycles. The second-order valence-electron chi connectivity index (χ2n) is 11.8. The molecule has 7 nitrogen and oxygen atoms in total. The van der Waals surface area contributed by atoms with Crippen molar-refractivity contribution in [1.29, 1.82) is 0 Å². The number of carbonyl (C=O) groups excluding carboxylic acids is 3. The zero-order valence-corrected chi connectivity index (χ0v) is 21.2. The molecule has 2 aliphatic heterocycles. The molecule has 0 aromatic rings. The Hall–Kier alpha value is -1.99. The maximum absolute atomic E-state index is 14.0. The molecule has 0 unspecified atom stereocenters. The van der Waals surface area contributed by atoms with Gasteiger partial charge in [0.1, 0.15) is 18.3 Å². The number of rotatable bonds is 3. The van der Waals surface area contributed by atoms with Crippen molar-refractivity contribution >= 4 is 17.7 Å². The number of hydrogen-bond donors (Lipinski definition) is 0. The zero-order valence-electron chi connectivity index (χ0n) is 21.2. The van der Waals surface area contributed by atoms with Crippen LogP contribution in [0.15, 0.2) is 23.3 Å². The van der Waals surface area contributed by atoms with Crippen molar-refractivity contribution in [2.75, 3.05) is 14.2 Å². The van der Waals surface area contributed by atoms with Crippen LogP contribution in [0.3, 0.4) is 0 Å². The third kappa shape index (κ3) is 2.80. The first-order chi connectivity index (χ1) is 15.9. The highest BCUT2D eigenvalue weighted by molar-refractivity contribution is 5.92. The summed E-state index contributed by atoms with van der Waals surface area (Å²) in [6.07, 6.45) is 3.31. The largest absolute Gasteiger partial charge is 0.458 e. The van der Waals surface area contributed by atoms with Crippen molar-refractivity contribution in [3.63, 3.8) is 0 Å². The fourth-order valence-electron chi connectivity index (χ4n) is 8.85. The van der Waals surface area contributed by atoms with Crippen molar-refractivity contribution < 1.29 is 33.3 Å². The highest BCUT2D eigenvalue weighted by atomic mass is 16.6. The van der Waals surface area contributed by atoms with Crippen LogP contribution in [0.4, 0.5) is 0 Å². The summed E-state index contributed by atoms with van der Waals surface area (Å²) in [5.74, 6) is -0.539. The molecule has 5 aliphatic rings. The van der Waals surface area contributed by atoms with Gasteiger partial charge in [-0.25, -0.2) is 9.59 Å². The second kappa shape index (κ2) is 7.50. The van der Waals surface area contributed by atoms with E-state index in [9.17, 15) is 14.4 Å². The Morgan fingerprint density at radius 3 is 2.21 bits per heavy atom. The summed E-state index contributed by atoms with van der Waals surface area (Å²) in [6, 6.07) is 0. The molecular formula is C27H36O7. The van der Waals surface area contributed by atoms with Crippen LogP contribution in [-0.4, -0.2) is 56.4 Å².